The highest BCUT2D eigenvalue weighted by Gasteiger charge is 2.33. The number of nitriles is 1. The molecule has 126 valence electrons. The van der Waals surface area contributed by atoms with Crippen molar-refractivity contribution in [3.63, 3.8) is 0 Å². The van der Waals surface area contributed by atoms with Gasteiger partial charge in [0.15, 0.2) is 0 Å². The second-order valence-electron chi connectivity index (χ2n) is 5.54. The highest BCUT2D eigenvalue weighted by Crippen LogP contribution is 2.25. The van der Waals surface area contributed by atoms with E-state index in [0.29, 0.717) is 36.6 Å². The van der Waals surface area contributed by atoms with Crippen LogP contribution in [0, 0.1) is 11.3 Å². The molecule has 1 N–H and O–H groups in total. The molecule has 23 heavy (non-hydrogen) atoms. The average Bonchev–Trinajstić information content (AvgIpc) is 2.54. The first-order valence-electron chi connectivity index (χ1n) is 8.13. The molecule has 0 bridgehead atoms. The van der Waals surface area contributed by atoms with Crippen LogP contribution in [0.25, 0.3) is 0 Å². The van der Waals surface area contributed by atoms with Gasteiger partial charge in [0.2, 0.25) is 0 Å². The lowest BCUT2D eigenvalue weighted by Gasteiger charge is -2.28. The molecule has 0 saturated heterocycles. The maximum Gasteiger partial charge on any atom is 0.256 e. The number of hydrogen-bond donors (Lipinski definition) is 1. The van der Waals surface area contributed by atoms with E-state index in [2.05, 4.69) is 11.4 Å². The van der Waals surface area contributed by atoms with Crippen LogP contribution in [0.5, 0.6) is 5.75 Å². The lowest BCUT2D eigenvalue weighted by molar-refractivity contribution is -0.140. The van der Waals surface area contributed by atoms with Crippen molar-refractivity contribution in [2.24, 2.45) is 0 Å². The zero-order valence-corrected chi connectivity index (χ0v) is 14.4. The standard InChI is InChI=1S/C18H26N2O3/c1-5-10-18(4,23-11-6-2)17(21)20-16-9-8-15(22-7-3)12-14(16)13-19/h8-9,12H,5-7,10-11H2,1-4H3,(H,20,21)/t18-/m0/s1. The number of hydrogen-bond acceptors (Lipinski definition) is 4. The summed E-state index contributed by atoms with van der Waals surface area (Å²) in [5.74, 6) is 0.383. The van der Waals surface area contributed by atoms with Gasteiger partial charge in [0.05, 0.1) is 17.9 Å². The smallest absolute Gasteiger partial charge is 0.256 e. The molecule has 1 atom stereocenters. The molecule has 0 aliphatic rings. The van der Waals surface area contributed by atoms with E-state index in [1.54, 1.807) is 25.1 Å². The molecule has 0 spiro atoms. The number of rotatable bonds is 9. The van der Waals surface area contributed by atoms with Gasteiger partial charge in [-0.3, -0.25) is 4.79 Å². The maximum atomic E-state index is 12.6. The SMILES string of the molecule is CCCO[C@@](C)(CCC)C(=O)Nc1ccc(OCC)cc1C#N. The Morgan fingerprint density at radius 3 is 2.61 bits per heavy atom. The largest absolute Gasteiger partial charge is 0.494 e. The number of amides is 1. The number of nitrogens with one attached hydrogen (secondary N) is 1. The highest BCUT2D eigenvalue weighted by atomic mass is 16.5. The van der Waals surface area contributed by atoms with Gasteiger partial charge in [0.1, 0.15) is 17.4 Å². The van der Waals surface area contributed by atoms with Gasteiger partial charge in [-0.15, -0.1) is 0 Å². The summed E-state index contributed by atoms with van der Waals surface area (Å²) in [4.78, 5) is 12.6. The van der Waals surface area contributed by atoms with Crippen molar-refractivity contribution in [3.8, 4) is 11.8 Å². The summed E-state index contributed by atoms with van der Waals surface area (Å²) in [7, 11) is 0. The molecule has 0 fully saturated rings. The fraction of sp³-hybridized carbons (Fsp3) is 0.556. The van der Waals surface area contributed by atoms with Crippen LogP contribution in [-0.2, 0) is 9.53 Å². The number of benzene rings is 1. The fourth-order valence-electron chi connectivity index (χ4n) is 2.29. The van der Waals surface area contributed by atoms with Crippen molar-refractivity contribution in [1.82, 2.24) is 0 Å². The molecular weight excluding hydrogens is 292 g/mol. The highest BCUT2D eigenvalue weighted by molar-refractivity contribution is 5.98. The van der Waals surface area contributed by atoms with Crippen molar-refractivity contribution >= 4 is 11.6 Å². The van der Waals surface area contributed by atoms with Crippen molar-refractivity contribution < 1.29 is 14.3 Å². The van der Waals surface area contributed by atoms with E-state index in [0.717, 1.165) is 12.8 Å². The zero-order chi connectivity index (χ0) is 17.3. The lowest BCUT2D eigenvalue weighted by atomic mass is 9.98. The summed E-state index contributed by atoms with van der Waals surface area (Å²) in [6.07, 6.45) is 2.30. The normalized spacial score (nSPS) is 13.0. The molecule has 1 amide bonds. The van der Waals surface area contributed by atoms with Gasteiger partial charge in [0, 0.05) is 6.61 Å². The summed E-state index contributed by atoms with van der Waals surface area (Å²) >= 11 is 0. The Morgan fingerprint density at radius 1 is 1.30 bits per heavy atom. The van der Waals surface area contributed by atoms with Crippen LogP contribution in [0.15, 0.2) is 18.2 Å². The second-order valence-corrected chi connectivity index (χ2v) is 5.54. The zero-order valence-electron chi connectivity index (χ0n) is 14.4. The van der Waals surface area contributed by atoms with E-state index in [1.807, 2.05) is 20.8 Å². The Morgan fingerprint density at radius 2 is 2.04 bits per heavy atom. The summed E-state index contributed by atoms with van der Waals surface area (Å²) in [6.45, 7) is 8.74. The van der Waals surface area contributed by atoms with Crippen LogP contribution in [-0.4, -0.2) is 24.7 Å². The van der Waals surface area contributed by atoms with Crippen molar-refractivity contribution in [1.29, 1.82) is 5.26 Å². The van der Waals surface area contributed by atoms with E-state index >= 15 is 0 Å². The third-order valence-corrected chi connectivity index (χ3v) is 3.50. The summed E-state index contributed by atoms with van der Waals surface area (Å²) in [5.41, 5.74) is -0.0437. The first kappa shape index (κ1) is 19.0. The number of carbonyl (C=O) groups excluding carboxylic acids is 1. The fourth-order valence-corrected chi connectivity index (χ4v) is 2.29. The van der Waals surface area contributed by atoms with Crippen LogP contribution in [0.2, 0.25) is 0 Å². The monoisotopic (exact) mass is 318 g/mol. The minimum Gasteiger partial charge on any atom is -0.494 e. The van der Waals surface area contributed by atoms with E-state index in [1.165, 1.54) is 0 Å². The third-order valence-electron chi connectivity index (χ3n) is 3.50. The van der Waals surface area contributed by atoms with Crippen LogP contribution < -0.4 is 10.1 Å². The van der Waals surface area contributed by atoms with Crippen molar-refractivity contribution in [3.05, 3.63) is 23.8 Å². The molecule has 0 aliphatic heterocycles. The molecule has 5 nitrogen and oxygen atoms in total. The van der Waals surface area contributed by atoms with Crippen molar-refractivity contribution in [2.45, 2.75) is 52.6 Å². The average molecular weight is 318 g/mol. The van der Waals surface area contributed by atoms with Gasteiger partial charge >= 0.3 is 0 Å². The Kier molecular flexibility index (Phi) is 7.56. The van der Waals surface area contributed by atoms with Crippen molar-refractivity contribution in [2.75, 3.05) is 18.5 Å². The minimum atomic E-state index is -0.893. The topological polar surface area (TPSA) is 71.3 Å². The molecule has 0 radical (unpaired) electrons. The molecule has 5 heteroatoms. The van der Waals surface area contributed by atoms with E-state index in [-0.39, 0.29) is 5.91 Å². The predicted molar refractivity (Wildman–Crippen MR) is 90.5 cm³/mol. The number of nitrogens with zero attached hydrogens (tertiary/aromatic N) is 1. The first-order chi connectivity index (χ1) is 11.0. The number of anilines is 1. The van der Waals surface area contributed by atoms with Gasteiger partial charge in [0.25, 0.3) is 5.91 Å². The van der Waals surface area contributed by atoms with Crippen LogP contribution >= 0.6 is 0 Å². The lowest BCUT2D eigenvalue weighted by Crippen LogP contribution is -2.43. The maximum absolute atomic E-state index is 12.6. The van der Waals surface area contributed by atoms with Gasteiger partial charge < -0.3 is 14.8 Å². The first-order valence-corrected chi connectivity index (χ1v) is 8.13. The molecule has 0 unspecified atom stereocenters. The molecule has 1 aromatic rings. The van der Waals surface area contributed by atoms with E-state index in [4.69, 9.17) is 9.47 Å². The van der Waals surface area contributed by atoms with E-state index < -0.39 is 5.60 Å². The molecular formula is C18H26N2O3. The Bertz CT molecular complexity index is 566. The quantitative estimate of drug-likeness (QED) is 0.750. The second kappa shape index (κ2) is 9.16. The molecule has 0 heterocycles. The summed E-state index contributed by atoms with van der Waals surface area (Å²) < 4.78 is 11.1. The Hall–Kier alpha value is -2.06. The summed E-state index contributed by atoms with van der Waals surface area (Å²) in [5, 5.41) is 12.1. The molecule has 0 aliphatic carbocycles. The van der Waals surface area contributed by atoms with E-state index in [9.17, 15) is 10.1 Å². The predicted octanol–water partition coefficient (Wildman–Crippen LogP) is 3.88. The van der Waals surface area contributed by atoms with Gasteiger partial charge in [-0.1, -0.05) is 20.3 Å². The third kappa shape index (κ3) is 5.26. The Balaban J connectivity index is 2.96. The number of carbonyl (C=O) groups is 1. The van der Waals surface area contributed by atoms with Crippen LogP contribution in [0.1, 0.15) is 52.5 Å². The van der Waals surface area contributed by atoms with Gasteiger partial charge in [-0.05, 0) is 44.9 Å². The van der Waals surface area contributed by atoms with Gasteiger partial charge in [-0.2, -0.15) is 5.26 Å². The number of ether oxygens (including phenoxy) is 2. The Labute approximate surface area is 138 Å². The summed E-state index contributed by atoms with van der Waals surface area (Å²) in [6, 6.07) is 7.15. The molecule has 0 saturated carbocycles. The minimum absolute atomic E-state index is 0.228. The van der Waals surface area contributed by atoms with Crippen LogP contribution in [0.4, 0.5) is 5.69 Å². The molecule has 1 rings (SSSR count). The molecule has 0 aromatic heterocycles. The molecule has 1 aromatic carbocycles. The van der Waals surface area contributed by atoms with Gasteiger partial charge in [-0.25, -0.2) is 0 Å². The van der Waals surface area contributed by atoms with Crippen LogP contribution in [0.3, 0.4) is 0 Å².